The summed E-state index contributed by atoms with van der Waals surface area (Å²) >= 11 is 0. The molecule has 1 aromatic rings. The van der Waals surface area contributed by atoms with E-state index in [1.807, 2.05) is 17.0 Å². The molecule has 0 radical (unpaired) electrons. The molecule has 0 spiro atoms. The molecule has 4 nitrogen and oxygen atoms in total. The van der Waals surface area contributed by atoms with Gasteiger partial charge in [-0.25, -0.2) is 0 Å². The van der Waals surface area contributed by atoms with Gasteiger partial charge in [0.2, 0.25) is 5.91 Å². The largest absolute Gasteiger partial charge is 0.383 e. The molecule has 1 aliphatic heterocycles. The van der Waals surface area contributed by atoms with Gasteiger partial charge < -0.3 is 9.64 Å². The average Bonchev–Trinajstić information content (AvgIpc) is 2.64. The topological polar surface area (TPSA) is 42.4 Å². The Morgan fingerprint density at radius 2 is 2.25 bits per heavy atom. The van der Waals surface area contributed by atoms with Crippen molar-refractivity contribution in [3.05, 3.63) is 30.1 Å². The molecule has 1 aromatic heterocycles. The van der Waals surface area contributed by atoms with E-state index in [1.165, 1.54) is 0 Å². The van der Waals surface area contributed by atoms with E-state index < -0.39 is 0 Å². The van der Waals surface area contributed by atoms with Crippen LogP contribution in [0.3, 0.4) is 0 Å². The van der Waals surface area contributed by atoms with Crippen LogP contribution in [0.2, 0.25) is 0 Å². The number of carbonyl (C=O) groups is 1. The van der Waals surface area contributed by atoms with E-state index in [9.17, 15) is 4.79 Å². The molecule has 4 heteroatoms. The average molecular weight is 220 g/mol. The Morgan fingerprint density at radius 1 is 1.50 bits per heavy atom. The molecule has 1 saturated heterocycles. The molecule has 0 aromatic carbocycles. The van der Waals surface area contributed by atoms with Crippen molar-refractivity contribution >= 4 is 5.91 Å². The minimum absolute atomic E-state index is 0.221. The van der Waals surface area contributed by atoms with Gasteiger partial charge in [0.25, 0.3) is 0 Å². The Bertz CT molecular complexity index is 353. The number of carbonyl (C=O) groups excluding carboxylic acids is 1. The van der Waals surface area contributed by atoms with E-state index in [0.29, 0.717) is 19.6 Å². The summed E-state index contributed by atoms with van der Waals surface area (Å²) < 4.78 is 5.14. The maximum Gasteiger partial charge on any atom is 0.223 e. The third kappa shape index (κ3) is 2.39. The summed E-state index contributed by atoms with van der Waals surface area (Å²) in [7, 11) is 1.67. The van der Waals surface area contributed by atoms with Crippen molar-refractivity contribution in [1.29, 1.82) is 0 Å². The second-order valence-electron chi connectivity index (χ2n) is 4.02. The second kappa shape index (κ2) is 5.07. The lowest BCUT2D eigenvalue weighted by molar-refractivity contribution is -0.130. The van der Waals surface area contributed by atoms with Gasteiger partial charge in [-0.05, 0) is 24.1 Å². The van der Waals surface area contributed by atoms with E-state index in [2.05, 4.69) is 4.98 Å². The first-order chi connectivity index (χ1) is 7.81. The molecule has 16 heavy (non-hydrogen) atoms. The number of rotatable bonds is 4. The van der Waals surface area contributed by atoms with Gasteiger partial charge in [0.1, 0.15) is 0 Å². The van der Waals surface area contributed by atoms with Crippen molar-refractivity contribution in [2.24, 2.45) is 0 Å². The predicted octanol–water partition coefficient (Wildman–Crippen LogP) is 1.22. The number of methoxy groups -OCH3 is 1. The Kier molecular flexibility index (Phi) is 3.51. The summed E-state index contributed by atoms with van der Waals surface area (Å²) in [5, 5.41) is 0. The fourth-order valence-corrected chi connectivity index (χ4v) is 2.06. The zero-order valence-corrected chi connectivity index (χ0v) is 9.43. The SMILES string of the molecule is COC[C@H]1CCC(=O)N1Cc1ccncc1. The minimum atomic E-state index is 0.221. The standard InChI is InChI=1S/C12H16N2O2/c1-16-9-11-2-3-12(15)14(11)8-10-4-6-13-7-5-10/h4-7,11H,2-3,8-9H2,1H3/t11-/m1/s1. The van der Waals surface area contributed by atoms with Crippen LogP contribution < -0.4 is 0 Å². The molecule has 0 aliphatic carbocycles. The number of hydrogen-bond acceptors (Lipinski definition) is 3. The Hall–Kier alpha value is -1.42. The van der Waals surface area contributed by atoms with Crippen LogP contribution in [0.1, 0.15) is 18.4 Å². The molecule has 0 saturated carbocycles. The summed E-state index contributed by atoms with van der Waals surface area (Å²) in [6, 6.07) is 4.11. The number of amides is 1. The van der Waals surface area contributed by atoms with Gasteiger partial charge >= 0.3 is 0 Å². The lowest BCUT2D eigenvalue weighted by Gasteiger charge is -2.24. The molecule has 2 rings (SSSR count). The van der Waals surface area contributed by atoms with Crippen LogP contribution in [0, 0.1) is 0 Å². The molecule has 1 amide bonds. The Balaban J connectivity index is 2.04. The number of ether oxygens (including phenoxy) is 1. The maximum atomic E-state index is 11.7. The Morgan fingerprint density at radius 3 is 2.94 bits per heavy atom. The van der Waals surface area contributed by atoms with Crippen LogP contribution in [0.5, 0.6) is 0 Å². The molecule has 0 bridgehead atoms. The fraction of sp³-hybridized carbons (Fsp3) is 0.500. The van der Waals surface area contributed by atoms with Crippen LogP contribution in [-0.2, 0) is 16.1 Å². The van der Waals surface area contributed by atoms with Gasteiger partial charge in [0.05, 0.1) is 12.6 Å². The van der Waals surface area contributed by atoms with Gasteiger partial charge in [0, 0.05) is 32.5 Å². The van der Waals surface area contributed by atoms with Crippen LogP contribution in [0.25, 0.3) is 0 Å². The highest BCUT2D eigenvalue weighted by atomic mass is 16.5. The van der Waals surface area contributed by atoms with Crippen molar-refractivity contribution in [2.45, 2.75) is 25.4 Å². The molecule has 0 unspecified atom stereocenters. The van der Waals surface area contributed by atoms with Gasteiger partial charge in [0.15, 0.2) is 0 Å². The van der Waals surface area contributed by atoms with Crippen LogP contribution in [0.4, 0.5) is 0 Å². The number of likely N-dealkylation sites (tertiary alicyclic amines) is 1. The number of hydrogen-bond donors (Lipinski definition) is 0. The lowest BCUT2D eigenvalue weighted by atomic mass is 10.2. The monoisotopic (exact) mass is 220 g/mol. The molecule has 1 aliphatic rings. The van der Waals surface area contributed by atoms with E-state index >= 15 is 0 Å². The van der Waals surface area contributed by atoms with Crippen LogP contribution in [-0.4, -0.2) is 35.5 Å². The highest BCUT2D eigenvalue weighted by Gasteiger charge is 2.30. The third-order valence-corrected chi connectivity index (χ3v) is 2.91. The molecular weight excluding hydrogens is 204 g/mol. The smallest absolute Gasteiger partial charge is 0.223 e. The summed E-state index contributed by atoms with van der Waals surface area (Å²) in [4.78, 5) is 17.6. The van der Waals surface area contributed by atoms with Gasteiger partial charge in [-0.1, -0.05) is 0 Å². The summed E-state index contributed by atoms with van der Waals surface area (Å²) in [6.45, 7) is 1.28. The van der Waals surface area contributed by atoms with Crippen molar-refractivity contribution in [3.8, 4) is 0 Å². The molecule has 2 heterocycles. The summed E-state index contributed by atoms with van der Waals surface area (Å²) in [6.07, 6.45) is 5.04. The molecule has 1 atom stereocenters. The first kappa shape index (κ1) is 11.1. The van der Waals surface area contributed by atoms with E-state index in [4.69, 9.17) is 4.74 Å². The highest BCUT2D eigenvalue weighted by molar-refractivity contribution is 5.78. The zero-order chi connectivity index (χ0) is 11.4. The molecule has 0 N–H and O–H groups in total. The molecule has 1 fully saturated rings. The highest BCUT2D eigenvalue weighted by Crippen LogP contribution is 2.21. The first-order valence-corrected chi connectivity index (χ1v) is 5.48. The van der Waals surface area contributed by atoms with E-state index in [0.717, 1.165) is 12.0 Å². The predicted molar refractivity (Wildman–Crippen MR) is 59.7 cm³/mol. The lowest BCUT2D eigenvalue weighted by Crippen LogP contribution is -2.35. The van der Waals surface area contributed by atoms with Crippen LogP contribution in [0.15, 0.2) is 24.5 Å². The number of aromatic nitrogens is 1. The van der Waals surface area contributed by atoms with Crippen molar-refractivity contribution in [1.82, 2.24) is 9.88 Å². The third-order valence-electron chi connectivity index (χ3n) is 2.91. The van der Waals surface area contributed by atoms with Crippen molar-refractivity contribution in [3.63, 3.8) is 0 Å². The van der Waals surface area contributed by atoms with Gasteiger partial charge in [-0.3, -0.25) is 9.78 Å². The van der Waals surface area contributed by atoms with Crippen LogP contribution >= 0.6 is 0 Å². The summed E-state index contributed by atoms with van der Waals surface area (Å²) in [5.41, 5.74) is 1.12. The number of nitrogens with zero attached hydrogens (tertiary/aromatic N) is 2. The first-order valence-electron chi connectivity index (χ1n) is 5.48. The maximum absolute atomic E-state index is 11.7. The van der Waals surface area contributed by atoms with E-state index in [1.54, 1.807) is 19.5 Å². The normalized spacial score (nSPS) is 20.4. The van der Waals surface area contributed by atoms with Crippen molar-refractivity contribution < 1.29 is 9.53 Å². The summed E-state index contributed by atoms with van der Waals surface area (Å²) in [5.74, 6) is 0.221. The van der Waals surface area contributed by atoms with Gasteiger partial charge in [-0.2, -0.15) is 0 Å². The zero-order valence-electron chi connectivity index (χ0n) is 9.43. The minimum Gasteiger partial charge on any atom is -0.383 e. The quantitative estimate of drug-likeness (QED) is 0.766. The van der Waals surface area contributed by atoms with E-state index in [-0.39, 0.29) is 11.9 Å². The molecular formula is C12H16N2O2. The van der Waals surface area contributed by atoms with Crippen molar-refractivity contribution in [2.75, 3.05) is 13.7 Å². The Labute approximate surface area is 95.2 Å². The molecule has 86 valence electrons. The number of pyridine rings is 1. The van der Waals surface area contributed by atoms with Gasteiger partial charge in [-0.15, -0.1) is 0 Å². The second-order valence-corrected chi connectivity index (χ2v) is 4.02. The fourth-order valence-electron chi connectivity index (χ4n) is 2.06.